The van der Waals surface area contributed by atoms with E-state index < -0.39 is 48.6 Å². The first-order valence-electron chi connectivity index (χ1n) is 7.05. The van der Waals surface area contributed by atoms with E-state index in [0.717, 1.165) is 20.8 Å². The standard InChI is InChI=1S/C14H20O10/c1-7(16)21-11-10(5-20-6-15)24-14(19-4)13(23-9(3)18)12(11)22-8(2)17/h6,10-14H,5H2,1-4H3/t10-,11-,12+,13+,14+/m1/s1. The molecule has 0 bridgehead atoms. The van der Waals surface area contributed by atoms with Crippen LogP contribution >= 0.6 is 0 Å². The Labute approximate surface area is 138 Å². The van der Waals surface area contributed by atoms with Crippen molar-refractivity contribution in [3.8, 4) is 0 Å². The maximum absolute atomic E-state index is 11.4. The Hall–Kier alpha value is -2.20. The molecule has 136 valence electrons. The van der Waals surface area contributed by atoms with E-state index in [1.807, 2.05) is 0 Å². The average Bonchev–Trinajstić information content (AvgIpc) is 2.48. The molecular weight excluding hydrogens is 328 g/mol. The van der Waals surface area contributed by atoms with Crippen molar-refractivity contribution < 1.29 is 47.6 Å². The van der Waals surface area contributed by atoms with Gasteiger partial charge in [-0.15, -0.1) is 0 Å². The Morgan fingerprint density at radius 1 is 0.917 bits per heavy atom. The molecular formula is C14H20O10. The summed E-state index contributed by atoms with van der Waals surface area (Å²) >= 11 is 0. The van der Waals surface area contributed by atoms with Gasteiger partial charge in [-0.25, -0.2) is 0 Å². The molecule has 0 aromatic rings. The number of methoxy groups -OCH3 is 1. The van der Waals surface area contributed by atoms with Gasteiger partial charge in [-0.05, 0) is 0 Å². The van der Waals surface area contributed by atoms with E-state index >= 15 is 0 Å². The number of esters is 3. The lowest BCUT2D eigenvalue weighted by molar-refractivity contribution is -0.302. The molecule has 0 N–H and O–H groups in total. The molecule has 0 aromatic carbocycles. The third kappa shape index (κ3) is 5.46. The van der Waals surface area contributed by atoms with Gasteiger partial charge in [0.1, 0.15) is 12.7 Å². The molecule has 1 aliphatic heterocycles. The van der Waals surface area contributed by atoms with Gasteiger partial charge in [0.15, 0.2) is 24.6 Å². The summed E-state index contributed by atoms with van der Waals surface area (Å²) in [5, 5.41) is 0. The molecule has 10 nitrogen and oxygen atoms in total. The van der Waals surface area contributed by atoms with Crippen LogP contribution in [0.3, 0.4) is 0 Å². The first-order valence-corrected chi connectivity index (χ1v) is 7.05. The van der Waals surface area contributed by atoms with Crippen LogP contribution in [0.5, 0.6) is 0 Å². The summed E-state index contributed by atoms with van der Waals surface area (Å²) in [6, 6.07) is 0. The molecule has 1 fully saturated rings. The fourth-order valence-electron chi connectivity index (χ4n) is 2.31. The summed E-state index contributed by atoms with van der Waals surface area (Å²) in [4.78, 5) is 44.6. The summed E-state index contributed by atoms with van der Waals surface area (Å²) in [6.45, 7) is 3.34. The first-order chi connectivity index (χ1) is 11.3. The van der Waals surface area contributed by atoms with Crippen LogP contribution in [0.1, 0.15) is 20.8 Å². The molecule has 0 aromatic heterocycles. The van der Waals surface area contributed by atoms with E-state index in [9.17, 15) is 19.2 Å². The van der Waals surface area contributed by atoms with Crippen LogP contribution in [0.2, 0.25) is 0 Å². The number of hydrogen-bond acceptors (Lipinski definition) is 10. The van der Waals surface area contributed by atoms with Crippen LogP contribution in [0.4, 0.5) is 0 Å². The molecule has 1 rings (SSSR count). The monoisotopic (exact) mass is 348 g/mol. The van der Waals surface area contributed by atoms with Gasteiger partial charge in [0, 0.05) is 27.9 Å². The SMILES string of the molecule is CO[C@H]1O[C@H](COC=O)[C@@H](OC(C)=O)[C@H](OC(C)=O)[C@@H]1OC(C)=O. The number of carbonyl (C=O) groups excluding carboxylic acids is 4. The quantitative estimate of drug-likeness (QED) is 0.332. The largest absolute Gasteiger partial charge is 0.465 e. The number of hydrogen-bond donors (Lipinski definition) is 0. The summed E-state index contributed by atoms with van der Waals surface area (Å²) in [5.74, 6) is -2.05. The van der Waals surface area contributed by atoms with Gasteiger partial charge in [-0.3, -0.25) is 19.2 Å². The molecule has 0 saturated carbocycles. The molecule has 1 aliphatic rings. The smallest absolute Gasteiger partial charge is 0.303 e. The zero-order valence-corrected chi connectivity index (χ0v) is 13.8. The first kappa shape index (κ1) is 19.8. The second-order valence-electron chi connectivity index (χ2n) is 4.93. The van der Waals surface area contributed by atoms with Crippen molar-refractivity contribution >= 4 is 24.4 Å². The van der Waals surface area contributed by atoms with Gasteiger partial charge in [0.05, 0.1) is 0 Å². The molecule has 24 heavy (non-hydrogen) atoms. The molecule has 1 heterocycles. The van der Waals surface area contributed by atoms with E-state index in [1.165, 1.54) is 7.11 Å². The highest BCUT2D eigenvalue weighted by Crippen LogP contribution is 2.29. The van der Waals surface area contributed by atoms with Crippen LogP contribution in [-0.2, 0) is 47.6 Å². The molecule has 0 aliphatic carbocycles. The lowest BCUT2D eigenvalue weighted by Gasteiger charge is -2.43. The lowest BCUT2D eigenvalue weighted by atomic mass is 9.98. The average molecular weight is 348 g/mol. The molecule has 0 unspecified atom stereocenters. The fraction of sp³-hybridized carbons (Fsp3) is 0.714. The molecule has 5 atom stereocenters. The number of rotatable bonds is 7. The molecule has 1 saturated heterocycles. The predicted octanol–water partition coefficient (Wildman–Crippen LogP) is -0.674. The van der Waals surface area contributed by atoms with Gasteiger partial charge in [0.25, 0.3) is 6.47 Å². The van der Waals surface area contributed by atoms with Gasteiger partial charge >= 0.3 is 17.9 Å². The molecule has 0 amide bonds. The van der Waals surface area contributed by atoms with Crippen LogP contribution in [-0.4, -0.2) is 68.8 Å². The summed E-state index contributed by atoms with van der Waals surface area (Å²) in [7, 11) is 1.29. The third-order valence-corrected chi connectivity index (χ3v) is 3.06. The fourth-order valence-corrected chi connectivity index (χ4v) is 2.31. The van der Waals surface area contributed by atoms with Crippen LogP contribution in [0, 0.1) is 0 Å². The minimum atomic E-state index is -1.20. The topological polar surface area (TPSA) is 124 Å². The summed E-state index contributed by atoms with van der Waals surface area (Å²) in [5.41, 5.74) is 0. The van der Waals surface area contributed by atoms with E-state index in [0.29, 0.717) is 0 Å². The Morgan fingerprint density at radius 3 is 1.88 bits per heavy atom. The molecule has 0 radical (unpaired) electrons. The van der Waals surface area contributed by atoms with Gasteiger partial charge in [-0.2, -0.15) is 0 Å². The van der Waals surface area contributed by atoms with Gasteiger partial charge in [0.2, 0.25) is 0 Å². The van der Waals surface area contributed by atoms with Crippen molar-refractivity contribution in [2.45, 2.75) is 51.5 Å². The zero-order chi connectivity index (χ0) is 18.3. The molecule has 0 spiro atoms. The van der Waals surface area contributed by atoms with Crippen LogP contribution in [0.25, 0.3) is 0 Å². The van der Waals surface area contributed by atoms with E-state index in [4.69, 9.17) is 23.7 Å². The van der Waals surface area contributed by atoms with Crippen molar-refractivity contribution in [3.05, 3.63) is 0 Å². The zero-order valence-electron chi connectivity index (χ0n) is 13.8. The van der Waals surface area contributed by atoms with Gasteiger partial charge < -0.3 is 28.4 Å². The van der Waals surface area contributed by atoms with Crippen molar-refractivity contribution in [3.63, 3.8) is 0 Å². The molecule has 10 heteroatoms. The summed E-state index contributed by atoms with van der Waals surface area (Å²) in [6.07, 6.45) is -5.64. The highest BCUT2D eigenvalue weighted by Gasteiger charge is 2.52. The number of ether oxygens (including phenoxy) is 6. The maximum atomic E-state index is 11.4. The van der Waals surface area contributed by atoms with Gasteiger partial charge in [-0.1, -0.05) is 0 Å². The minimum Gasteiger partial charge on any atom is -0.465 e. The van der Waals surface area contributed by atoms with E-state index in [2.05, 4.69) is 4.74 Å². The highest BCUT2D eigenvalue weighted by molar-refractivity contribution is 5.68. The second-order valence-corrected chi connectivity index (χ2v) is 4.93. The Morgan fingerprint density at radius 2 is 1.42 bits per heavy atom. The van der Waals surface area contributed by atoms with Crippen LogP contribution < -0.4 is 0 Å². The van der Waals surface area contributed by atoms with Crippen molar-refractivity contribution in [2.75, 3.05) is 13.7 Å². The van der Waals surface area contributed by atoms with Crippen molar-refractivity contribution in [1.29, 1.82) is 0 Å². The predicted molar refractivity (Wildman–Crippen MR) is 74.3 cm³/mol. The van der Waals surface area contributed by atoms with E-state index in [-0.39, 0.29) is 13.1 Å². The number of carbonyl (C=O) groups is 4. The second kappa shape index (κ2) is 9.18. The Balaban J connectivity index is 3.17. The van der Waals surface area contributed by atoms with Crippen LogP contribution in [0.15, 0.2) is 0 Å². The summed E-state index contributed by atoms with van der Waals surface area (Å²) < 4.78 is 30.7. The maximum Gasteiger partial charge on any atom is 0.303 e. The minimum absolute atomic E-state index is 0.189. The van der Waals surface area contributed by atoms with Crippen molar-refractivity contribution in [1.82, 2.24) is 0 Å². The van der Waals surface area contributed by atoms with Crippen molar-refractivity contribution in [2.24, 2.45) is 0 Å². The Bertz CT molecular complexity index is 476. The van der Waals surface area contributed by atoms with E-state index in [1.54, 1.807) is 0 Å². The highest BCUT2D eigenvalue weighted by atomic mass is 16.7. The normalized spacial score (nSPS) is 29.2. The lowest BCUT2D eigenvalue weighted by Crippen LogP contribution is -2.62. The third-order valence-electron chi connectivity index (χ3n) is 3.06. The Kier molecular flexibility index (Phi) is 7.59.